The topological polar surface area (TPSA) is 47.7 Å². The number of hydrogen-bond acceptors (Lipinski definition) is 5. The molecule has 0 N–H and O–H groups in total. The Balaban J connectivity index is 1.64. The van der Waals surface area contributed by atoms with Gasteiger partial charge in [-0.05, 0) is 44.3 Å². The smallest absolute Gasteiger partial charge is 0.227 e. The van der Waals surface area contributed by atoms with Crippen LogP contribution in [0.1, 0.15) is 24.3 Å². The molecule has 2 heterocycles. The van der Waals surface area contributed by atoms with Gasteiger partial charge in [-0.3, -0.25) is 4.90 Å². The maximum atomic E-state index is 6.07. The first-order valence-electron chi connectivity index (χ1n) is 9.47. The molecule has 0 atom stereocenters. The van der Waals surface area contributed by atoms with E-state index in [0.717, 1.165) is 66.1 Å². The van der Waals surface area contributed by atoms with E-state index in [4.69, 9.17) is 18.9 Å². The van der Waals surface area contributed by atoms with Crippen LogP contribution in [0.15, 0.2) is 40.8 Å². The number of benzene rings is 2. The van der Waals surface area contributed by atoms with E-state index >= 15 is 0 Å². The number of aromatic nitrogens is 1. The van der Waals surface area contributed by atoms with Gasteiger partial charge in [0.05, 0.1) is 12.8 Å². The van der Waals surface area contributed by atoms with Gasteiger partial charge in [0.15, 0.2) is 0 Å². The standard InChI is InChI=1S/C22H26N2O3/c1-15-20(14-24(2)16-10-12-26-13-11-16)23-22(27-15)19-8-9-21(25-3)18-7-5-4-6-17(18)19/h4-9,16H,10-14H2,1-3H3. The summed E-state index contributed by atoms with van der Waals surface area (Å²) in [7, 11) is 3.85. The zero-order valence-electron chi connectivity index (χ0n) is 16.2. The summed E-state index contributed by atoms with van der Waals surface area (Å²) in [5, 5.41) is 2.15. The highest BCUT2D eigenvalue weighted by Crippen LogP contribution is 2.34. The Bertz CT molecular complexity index is 928. The number of rotatable bonds is 5. The molecule has 0 saturated carbocycles. The summed E-state index contributed by atoms with van der Waals surface area (Å²) in [6.45, 7) is 4.47. The fraction of sp³-hybridized carbons (Fsp3) is 0.409. The molecule has 1 aromatic heterocycles. The predicted octanol–water partition coefficient (Wildman–Crippen LogP) is 4.42. The van der Waals surface area contributed by atoms with Gasteiger partial charge in [0, 0.05) is 36.8 Å². The van der Waals surface area contributed by atoms with Crippen LogP contribution >= 0.6 is 0 Å². The van der Waals surface area contributed by atoms with Gasteiger partial charge in [-0.2, -0.15) is 0 Å². The molecule has 142 valence electrons. The van der Waals surface area contributed by atoms with Crippen molar-refractivity contribution in [3.63, 3.8) is 0 Å². The lowest BCUT2D eigenvalue weighted by molar-refractivity contribution is 0.0402. The molecule has 0 bridgehead atoms. The monoisotopic (exact) mass is 366 g/mol. The average Bonchev–Trinajstić information content (AvgIpc) is 3.07. The highest BCUT2D eigenvalue weighted by molar-refractivity contribution is 5.98. The molecule has 1 saturated heterocycles. The molecule has 4 rings (SSSR count). The summed E-state index contributed by atoms with van der Waals surface area (Å²) >= 11 is 0. The fourth-order valence-corrected chi connectivity index (χ4v) is 3.82. The number of fused-ring (bicyclic) bond motifs is 1. The van der Waals surface area contributed by atoms with E-state index in [0.29, 0.717) is 11.9 Å². The van der Waals surface area contributed by atoms with Crippen molar-refractivity contribution in [1.82, 2.24) is 9.88 Å². The number of hydrogen-bond donors (Lipinski definition) is 0. The highest BCUT2D eigenvalue weighted by Gasteiger charge is 2.21. The minimum Gasteiger partial charge on any atom is -0.496 e. The van der Waals surface area contributed by atoms with Crippen LogP contribution in [0.3, 0.4) is 0 Å². The van der Waals surface area contributed by atoms with Crippen molar-refractivity contribution in [3.8, 4) is 17.2 Å². The van der Waals surface area contributed by atoms with Gasteiger partial charge in [0.1, 0.15) is 11.5 Å². The van der Waals surface area contributed by atoms with Crippen molar-refractivity contribution in [3.05, 3.63) is 47.9 Å². The molecule has 1 aliphatic rings. The Labute approximate surface area is 159 Å². The van der Waals surface area contributed by atoms with Gasteiger partial charge in [-0.1, -0.05) is 24.3 Å². The van der Waals surface area contributed by atoms with Crippen molar-refractivity contribution in [2.45, 2.75) is 32.4 Å². The van der Waals surface area contributed by atoms with Crippen LogP contribution in [-0.2, 0) is 11.3 Å². The van der Waals surface area contributed by atoms with Gasteiger partial charge in [-0.15, -0.1) is 0 Å². The lowest BCUT2D eigenvalue weighted by Crippen LogP contribution is -2.36. The zero-order valence-corrected chi connectivity index (χ0v) is 16.2. The first kappa shape index (κ1) is 18.0. The minimum absolute atomic E-state index is 0.542. The molecular formula is C22H26N2O3. The molecule has 1 fully saturated rings. The SMILES string of the molecule is COc1ccc(-c2nc(CN(C)C3CCOCC3)c(C)o2)c2ccccc12. The Kier molecular flexibility index (Phi) is 5.14. The third-order valence-corrected chi connectivity index (χ3v) is 5.44. The fourth-order valence-electron chi connectivity index (χ4n) is 3.82. The molecule has 0 radical (unpaired) electrons. The predicted molar refractivity (Wildman–Crippen MR) is 106 cm³/mol. The molecular weight excluding hydrogens is 340 g/mol. The molecule has 0 unspecified atom stereocenters. The highest BCUT2D eigenvalue weighted by atomic mass is 16.5. The van der Waals surface area contributed by atoms with E-state index in [1.54, 1.807) is 7.11 Å². The minimum atomic E-state index is 0.542. The van der Waals surface area contributed by atoms with Crippen LogP contribution in [0, 0.1) is 6.92 Å². The molecule has 3 aromatic rings. The Hall–Kier alpha value is -2.37. The zero-order chi connectivity index (χ0) is 18.8. The average molecular weight is 366 g/mol. The molecule has 1 aliphatic heterocycles. The second kappa shape index (κ2) is 7.71. The van der Waals surface area contributed by atoms with Crippen LogP contribution in [0.2, 0.25) is 0 Å². The van der Waals surface area contributed by atoms with Crippen LogP contribution in [0.25, 0.3) is 22.2 Å². The molecule has 0 amide bonds. The van der Waals surface area contributed by atoms with Gasteiger partial charge in [0.25, 0.3) is 0 Å². The van der Waals surface area contributed by atoms with Crippen molar-refractivity contribution >= 4 is 10.8 Å². The quantitative estimate of drug-likeness (QED) is 0.669. The van der Waals surface area contributed by atoms with E-state index in [2.05, 4.69) is 24.1 Å². The van der Waals surface area contributed by atoms with Gasteiger partial charge < -0.3 is 13.9 Å². The Morgan fingerprint density at radius 1 is 1.11 bits per heavy atom. The molecule has 27 heavy (non-hydrogen) atoms. The summed E-state index contributed by atoms with van der Waals surface area (Å²) in [6.07, 6.45) is 2.15. The second-order valence-electron chi connectivity index (χ2n) is 7.14. The first-order valence-corrected chi connectivity index (χ1v) is 9.47. The summed E-state index contributed by atoms with van der Waals surface area (Å²) in [5.41, 5.74) is 1.99. The second-order valence-corrected chi connectivity index (χ2v) is 7.14. The number of methoxy groups -OCH3 is 1. The van der Waals surface area contributed by atoms with Gasteiger partial charge >= 0.3 is 0 Å². The lowest BCUT2D eigenvalue weighted by Gasteiger charge is -2.30. The summed E-state index contributed by atoms with van der Waals surface area (Å²) in [5.74, 6) is 2.41. The lowest BCUT2D eigenvalue weighted by atomic mass is 10.0. The van der Waals surface area contributed by atoms with E-state index in [1.807, 2.05) is 31.2 Å². The largest absolute Gasteiger partial charge is 0.496 e. The van der Waals surface area contributed by atoms with Gasteiger partial charge in [-0.25, -0.2) is 4.98 Å². The number of nitrogens with zero attached hydrogens (tertiary/aromatic N) is 2. The molecule has 0 aliphatic carbocycles. The van der Waals surface area contributed by atoms with E-state index < -0.39 is 0 Å². The van der Waals surface area contributed by atoms with Crippen LogP contribution in [-0.4, -0.2) is 43.3 Å². The Morgan fingerprint density at radius 3 is 2.59 bits per heavy atom. The van der Waals surface area contributed by atoms with Crippen molar-refractivity contribution < 1.29 is 13.9 Å². The molecule has 2 aromatic carbocycles. The molecule has 5 nitrogen and oxygen atoms in total. The Morgan fingerprint density at radius 2 is 1.85 bits per heavy atom. The van der Waals surface area contributed by atoms with E-state index in [1.165, 1.54) is 0 Å². The molecule has 5 heteroatoms. The van der Waals surface area contributed by atoms with Crippen LogP contribution in [0.5, 0.6) is 5.75 Å². The van der Waals surface area contributed by atoms with Crippen LogP contribution < -0.4 is 4.74 Å². The van der Waals surface area contributed by atoms with Gasteiger partial charge in [0.2, 0.25) is 5.89 Å². The van der Waals surface area contributed by atoms with Crippen molar-refractivity contribution in [2.75, 3.05) is 27.4 Å². The normalized spacial score (nSPS) is 15.6. The van der Waals surface area contributed by atoms with Crippen LogP contribution in [0.4, 0.5) is 0 Å². The summed E-state index contributed by atoms with van der Waals surface area (Å²) in [4.78, 5) is 7.20. The molecule has 0 spiro atoms. The van der Waals surface area contributed by atoms with Crippen molar-refractivity contribution in [1.29, 1.82) is 0 Å². The maximum Gasteiger partial charge on any atom is 0.227 e. The first-order chi connectivity index (χ1) is 13.2. The number of oxazole rings is 1. The summed E-state index contributed by atoms with van der Waals surface area (Å²) in [6, 6.07) is 12.7. The maximum absolute atomic E-state index is 6.07. The summed E-state index contributed by atoms with van der Waals surface area (Å²) < 4.78 is 17.0. The third-order valence-electron chi connectivity index (χ3n) is 5.44. The van der Waals surface area contributed by atoms with E-state index in [-0.39, 0.29) is 0 Å². The van der Waals surface area contributed by atoms with E-state index in [9.17, 15) is 0 Å². The third kappa shape index (κ3) is 3.57. The van der Waals surface area contributed by atoms with Crippen molar-refractivity contribution in [2.24, 2.45) is 0 Å². The number of aryl methyl sites for hydroxylation is 1. The number of ether oxygens (including phenoxy) is 2.